The molecule has 1 amide bonds. The zero-order valence-corrected chi connectivity index (χ0v) is 13.9. The van der Waals surface area contributed by atoms with E-state index in [1.54, 1.807) is 32.4 Å². The van der Waals surface area contributed by atoms with Gasteiger partial charge >= 0.3 is 5.97 Å². The second-order valence-electron chi connectivity index (χ2n) is 5.44. The van der Waals surface area contributed by atoms with Crippen molar-refractivity contribution in [2.45, 2.75) is 13.2 Å². The van der Waals surface area contributed by atoms with Crippen LogP contribution in [-0.2, 0) is 27.4 Å². The van der Waals surface area contributed by atoms with Gasteiger partial charge in [0.1, 0.15) is 0 Å². The van der Waals surface area contributed by atoms with Crippen LogP contribution in [0.3, 0.4) is 0 Å². The van der Waals surface area contributed by atoms with Crippen molar-refractivity contribution in [3.63, 3.8) is 0 Å². The summed E-state index contributed by atoms with van der Waals surface area (Å²) in [5.74, 6) is -0.769. The largest absolute Gasteiger partial charge is 0.452 e. The summed E-state index contributed by atoms with van der Waals surface area (Å²) in [5.41, 5.74) is 2.30. The van der Waals surface area contributed by atoms with E-state index < -0.39 is 5.97 Å². The number of rotatable bonds is 7. The first-order valence-corrected chi connectivity index (χ1v) is 7.63. The molecular formula is C19H21NO4. The standard InChI is InChI=1S/C19H21NO4/c1-20(12-15-7-4-3-5-8-15)18(21)14-24-19(22)17-10-6-9-16(11-17)13-23-2/h3-11H,12-14H2,1-2H3. The normalized spacial score (nSPS) is 10.2. The van der Waals surface area contributed by atoms with Crippen molar-refractivity contribution in [3.8, 4) is 0 Å². The number of methoxy groups -OCH3 is 1. The quantitative estimate of drug-likeness (QED) is 0.734. The van der Waals surface area contributed by atoms with Gasteiger partial charge in [-0.2, -0.15) is 0 Å². The molecule has 0 heterocycles. The second kappa shape index (κ2) is 8.84. The Morgan fingerprint density at radius 2 is 1.71 bits per heavy atom. The maximum atomic E-state index is 12.1. The van der Waals surface area contributed by atoms with Crippen molar-refractivity contribution in [1.29, 1.82) is 0 Å². The molecule has 0 aliphatic rings. The van der Waals surface area contributed by atoms with E-state index >= 15 is 0 Å². The third-order valence-corrected chi connectivity index (χ3v) is 3.49. The van der Waals surface area contributed by atoms with Gasteiger partial charge in [-0.05, 0) is 23.3 Å². The molecule has 0 fully saturated rings. The number of likely N-dealkylation sites (N-methyl/N-ethyl adjacent to an activating group) is 1. The lowest BCUT2D eigenvalue weighted by Gasteiger charge is -2.17. The molecule has 0 aliphatic carbocycles. The number of ether oxygens (including phenoxy) is 2. The highest BCUT2D eigenvalue weighted by Crippen LogP contribution is 2.08. The molecule has 0 aliphatic heterocycles. The molecule has 0 radical (unpaired) electrons. The van der Waals surface area contributed by atoms with Crippen LogP contribution in [0.5, 0.6) is 0 Å². The summed E-state index contributed by atoms with van der Waals surface area (Å²) in [5, 5.41) is 0. The van der Waals surface area contributed by atoms with Gasteiger partial charge in [-0.15, -0.1) is 0 Å². The summed E-state index contributed by atoms with van der Waals surface area (Å²) >= 11 is 0. The van der Waals surface area contributed by atoms with Gasteiger partial charge in [-0.3, -0.25) is 4.79 Å². The number of nitrogens with zero attached hydrogens (tertiary/aromatic N) is 1. The monoisotopic (exact) mass is 327 g/mol. The zero-order valence-electron chi connectivity index (χ0n) is 13.9. The average molecular weight is 327 g/mol. The second-order valence-corrected chi connectivity index (χ2v) is 5.44. The Morgan fingerprint density at radius 3 is 2.42 bits per heavy atom. The van der Waals surface area contributed by atoms with Gasteiger partial charge < -0.3 is 14.4 Å². The van der Waals surface area contributed by atoms with Crippen molar-refractivity contribution in [2.24, 2.45) is 0 Å². The minimum atomic E-state index is -0.519. The van der Waals surface area contributed by atoms with E-state index in [2.05, 4.69) is 0 Å². The number of benzene rings is 2. The molecule has 2 aromatic carbocycles. The predicted octanol–water partition coefficient (Wildman–Crippen LogP) is 2.65. The zero-order chi connectivity index (χ0) is 17.4. The van der Waals surface area contributed by atoms with Gasteiger partial charge in [0.2, 0.25) is 0 Å². The van der Waals surface area contributed by atoms with Crippen LogP contribution in [0.15, 0.2) is 54.6 Å². The highest BCUT2D eigenvalue weighted by molar-refractivity contribution is 5.91. The van der Waals surface area contributed by atoms with Crippen molar-refractivity contribution in [3.05, 3.63) is 71.3 Å². The summed E-state index contributed by atoms with van der Waals surface area (Å²) in [6.45, 7) is 0.608. The lowest BCUT2D eigenvalue weighted by molar-refractivity contribution is -0.133. The van der Waals surface area contributed by atoms with E-state index in [1.807, 2.05) is 36.4 Å². The van der Waals surface area contributed by atoms with E-state index in [1.165, 1.54) is 4.90 Å². The first-order chi connectivity index (χ1) is 11.6. The third-order valence-electron chi connectivity index (χ3n) is 3.49. The molecule has 5 heteroatoms. The van der Waals surface area contributed by atoms with Crippen molar-refractivity contribution in [2.75, 3.05) is 20.8 Å². The van der Waals surface area contributed by atoms with Gasteiger partial charge in [0, 0.05) is 20.7 Å². The smallest absolute Gasteiger partial charge is 0.338 e. The van der Waals surface area contributed by atoms with Crippen molar-refractivity contribution < 1.29 is 19.1 Å². The molecule has 0 spiro atoms. The Bertz CT molecular complexity index is 685. The van der Waals surface area contributed by atoms with E-state index in [9.17, 15) is 9.59 Å². The van der Waals surface area contributed by atoms with Crippen molar-refractivity contribution in [1.82, 2.24) is 4.90 Å². The number of hydrogen-bond acceptors (Lipinski definition) is 4. The fourth-order valence-electron chi connectivity index (χ4n) is 2.22. The van der Waals surface area contributed by atoms with E-state index in [-0.39, 0.29) is 12.5 Å². The first-order valence-electron chi connectivity index (χ1n) is 7.63. The highest BCUT2D eigenvalue weighted by atomic mass is 16.5. The van der Waals surface area contributed by atoms with E-state index in [0.29, 0.717) is 18.7 Å². The Morgan fingerprint density at radius 1 is 1.00 bits per heavy atom. The summed E-state index contributed by atoms with van der Waals surface area (Å²) in [6, 6.07) is 16.6. The Labute approximate surface area is 141 Å². The molecule has 0 saturated heterocycles. The highest BCUT2D eigenvalue weighted by Gasteiger charge is 2.14. The van der Waals surface area contributed by atoms with Gasteiger partial charge in [0.25, 0.3) is 5.91 Å². The van der Waals surface area contributed by atoms with Gasteiger partial charge in [-0.25, -0.2) is 4.79 Å². The van der Waals surface area contributed by atoms with Crippen LogP contribution in [0.4, 0.5) is 0 Å². The molecule has 24 heavy (non-hydrogen) atoms. The van der Waals surface area contributed by atoms with Gasteiger partial charge in [0.05, 0.1) is 12.2 Å². The Balaban J connectivity index is 1.86. The summed E-state index contributed by atoms with van der Waals surface area (Å²) in [7, 11) is 3.27. The van der Waals surface area contributed by atoms with Gasteiger partial charge in [-0.1, -0.05) is 42.5 Å². The topological polar surface area (TPSA) is 55.8 Å². The number of esters is 1. The molecule has 5 nitrogen and oxygen atoms in total. The molecule has 0 N–H and O–H groups in total. The Hall–Kier alpha value is -2.66. The fraction of sp³-hybridized carbons (Fsp3) is 0.263. The van der Waals surface area contributed by atoms with Crippen LogP contribution >= 0.6 is 0 Å². The predicted molar refractivity (Wildman–Crippen MR) is 90.4 cm³/mol. The number of hydrogen-bond donors (Lipinski definition) is 0. The summed E-state index contributed by atoms with van der Waals surface area (Å²) in [6.07, 6.45) is 0. The van der Waals surface area contributed by atoms with Crippen LogP contribution in [0, 0.1) is 0 Å². The third kappa shape index (κ3) is 5.21. The minimum absolute atomic E-state index is 0.250. The molecule has 0 aromatic heterocycles. The van der Waals surface area contributed by atoms with Crippen LogP contribution < -0.4 is 0 Å². The molecule has 2 aromatic rings. The van der Waals surface area contributed by atoms with Crippen molar-refractivity contribution >= 4 is 11.9 Å². The Kier molecular flexibility index (Phi) is 6.51. The van der Waals surface area contributed by atoms with E-state index in [0.717, 1.165) is 11.1 Å². The summed E-state index contributed by atoms with van der Waals surface area (Å²) in [4.78, 5) is 25.7. The lowest BCUT2D eigenvalue weighted by Crippen LogP contribution is -2.30. The maximum absolute atomic E-state index is 12.1. The maximum Gasteiger partial charge on any atom is 0.338 e. The van der Waals surface area contributed by atoms with Crippen LogP contribution in [0.25, 0.3) is 0 Å². The fourth-order valence-corrected chi connectivity index (χ4v) is 2.22. The van der Waals surface area contributed by atoms with Gasteiger partial charge in [0.15, 0.2) is 6.61 Å². The minimum Gasteiger partial charge on any atom is -0.452 e. The summed E-state index contributed by atoms with van der Waals surface area (Å²) < 4.78 is 10.1. The number of amides is 1. The molecule has 0 bridgehead atoms. The molecular weight excluding hydrogens is 306 g/mol. The molecule has 0 unspecified atom stereocenters. The molecule has 0 saturated carbocycles. The lowest BCUT2D eigenvalue weighted by atomic mass is 10.1. The SMILES string of the molecule is COCc1cccc(C(=O)OCC(=O)N(C)Cc2ccccc2)c1. The molecule has 0 atom stereocenters. The molecule has 126 valence electrons. The van der Waals surface area contributed by atoms with E-state index in [4.69, 9.17) is 9.47 Å². The van der Waals surface area contributed by atoms with Crippen LogP contribution in [0.1, 0.15) is 21.5 Å². The average Bonchev–Trinajstić information content (AvgIpc) is 2.60. The molecule has 2 rings (SSSR count). The van der Waals surface area contributed by atoms with Crippen LogP contribution in [-0.4, -0.2) is 37.5 Å². The first kappa shape index (κ1) is 17.7. The number of carbonyl (C=O) groups is 2. The van der Waals surface area contributed by atoms with Crippen LogP contribution in [0.2, 0.25) is 0 Å². The number of carbonyl (C=O) groups excluding carboxylic acids is 2.